The smallest absolute Gasteiger partial charge is 0.0475 e. The highest BCUT2D eigenvalue weighted by Crippen LogP contribution is 2.34. The zero-order valence-corrected chi connectivity index (χ0v) is 14.1. The molecule has 0 spiro atoms. The van der Waals surface area contributed by atoms with Crippen molar-refractivity contribution in [1.82, 2.24) is 9.97 Å². The van der Waals surface area contributed by atoms with Crippen LogP contribution in [0.2, 0.25) is 0 Å². The fourth-order valence-corrected chi connectivity index (χ4v) is 3.17. The maximum atomic E-state index is 4.05. The first kappa shape index (κ1) is 15.2. The first-order chi connectivity index (χ1) is 12.4. The summed E-state index contributed by atoms with van der Waals surface area (Å²) >= 11 is 0. The maximum absolute atomic E-state index is 4.05. The van der Waals surface area contributed by atoms with Gasteiger partial charge in [0.25, 0.3) is 0 Å². The molecule has 0 atom stereocenters. The number of hydrogen-bond donors (Lipinski definition) is 1. The molecule has 2 aromatic heterocycles. The van der Waals surface area contributed by atoms with Gasteiger partial charge in [-0.05, 0) is 36.2 Å². The molecule has 0 fully saturated rings. The summed E-state index contributed by atoms with van der Waals surface area (Å²) in [6.07, 6.45) is 4.49. The Bertz CT molecular complexity index is 1060. The van der Waals surface area contributed by atoms with E-state index in [1.54, 1.807) is 12.4 Å². The third-order valence-electron chi connectivity index (χ3n) is 4.34. The molecule has 25 heavy (non-hydrogen) atoms. The number of nitrogens with zero attached hydrogens (tertiary/aromatic N) is 1. The Kier molecular flexibility index (Phi) is 4.06. The molecular weight excluding hydrogens is 304 g/mol. The molecule has 0 aliphatic rings. The molecule has 0 amide bonds. The van der Waals surface area contributed by atoms with Crippen LogP contribution in [0.3, 0.4) is 0 Å². The summed E-state index contributed by atoms with van der Waals surface area (Å²) in [5.74, 6) is 6.61. The minimum Gasteiger partial charge on any atom is -0.358 e. The number of aromatic amines is 1. The van der Waals surface area contributed by atoms with Crippen LogP contribution < -0.4 is 0 Å². The molecule has 0 saturated heterocycles. The number of rotatable bonds is 2. The van der Waals surface area contributed by atoms with Crippen LogP contribution >= 0.6 is 0 Å². The molecule has 2 heteroatoms. The molecule has 120 valence electrons. The van der Waals surface area contributed by atoms with E-state index in [-0.39, 0.29) is 0 Å². The normalized spacial score (nSPS) is 10.4. The lowest BCUT2D eigenvalue weighted by Gasteiger charge is -2.04. The zero-order chi connectivity index (χ0) is 17.1. The van der Waals surface area contributed by atoms with E-state index < -0.39 is 0 Å². The second-order valence-corrected chi connectivity index (χ2v) is 5.91. The van der Waals surface area contributed by atoms with Crippen molar-refractivity contribution in [3.05, 3.63) is 89.9 Å². The van der Waals surface area contributed by atoms with E-state index >= 15 is 0 Å². The standard InChI is InChI=1S/C23H18N2/c1-2-20-22(18-7-4-3-5-8-18)23-19(9-6-10-21(23)25-20)12-11-17-13-15-24-16-14-17/h3-10,13-16,25H,2H2,1H3. The lowest BCUT2D eigenvalue weighted by molar-refractivity contribution is 1.08. The summed E-state index contributed by atoms with van der Waals surface area (Å²) in [7, 11) is 0. The molecule has 1 N–H and O–H groups in total. The van der Waals surface area contributed by atoms with E-state index in [4.69, 9.17) is 0 Å². The van der Waals surface area contributed by atoms with Crippen molar-refractivity contribution < 1.29 is 0 Å². The zero-order valence-electron chi connectivity index (χ0n) is 14.1. The van der Waals surface area contributed by atoms with Gasteiger partial charge in [0.1, 0.15) is 0 Å². The number of aryl methyl sites for hydroxylation is 1. The Morgan fingerprint density at radius 2 is 1.68 bits per heavy atom. The van der Waals surface area contributed by atoms with Gasteiger partial charge in [0, 0.05) is 45.7 Å². The fraction of sp³-hybridized carbons (Fsp3) is 0.0870. The number of fused-ring (bicyclic) bond motifs is 1. The van der Waals surface area contributed by atoms with Gasteiger partial charge in [0.05, 0.1) is 0 Å². The van der Waals surface area contributed by atoms with Gasteiger partial charge in [-0.1, -0.05) is 55.2 Å². The Labute approximate surface area is 147 Å². The molecule has 2 nitrogen and oxygen atoms in total. The molecular formula is C23H18N2. The van der Waals surface area contributed by atoms with Crippen LogP contribution in [-0.2, 0) is 6.42 Å². The van der Waals surface area contributed by atoms with Gasteiger partial charge in [0.2, 0.25) is 0 Å². The second kappa shape index (κ2) is 6.67. The lowest BCUT2D eigenvalue weighted by Crippen LogP contribution is -1.85. The van der Waals surface area contributed by atoms with Crippen molar-refractivity contribution in [3.8, 4) is 23.0 Å². The highest BCUT2D eigenvalue weighted by molar-refractivity contribution is 6.01. The highest BCUT2D eigenvalue weighted by Gasteiger charge is 2.14. The molecule has 4 rings (SSSR count). The minimum atomic E-state index is 0.954. The van der Waals surface area contributed by atoms with Crippen molar-refractivity contribution in [3.63, 3.8) is 0 Å². The minimum absolute atomic E-state index is 0.954. The highest BCUT2D eigenvalue weighted by atomic mass is 14.7. The first-order valence-corrected chi connectivity index (χ1v) is 8.48. The monoisotopic (exact) mass is 322 g/mol. The van der Waals surface area contributed by atoms with Crippen LogP contribution in [0.1, 0.15) is 23.7 Å². The number of pyridine rings is 1. The predicted molar refractivity (Wildman–Crippen MR) is 103 cm³/mol. The largest absolute Gasteiger partial charge is 0.358 e. The molecule has 4 aromatic rings. The molecule has 0 aliphatic heterocycles. The lowest BCUT2D eigenvalue weighted by atomic mass is 9.97. The summed E-state index contributed by atoms with van der Waals surface area (Å²) in [5, 5.41) is 1.20. The molecule has 2 heterocycles. The molecule has 0 aliphatic carbocycles. The van der Waals surface area contributed by atoms with Gasteiger partial charge < -0.3 is 4.98 Å². The SMILES string of the molecule is CCc1[nH]c2cccc(C#Cc3ccncc3)c2c1-c1ccccc1. The fourth-order valence-electron chi connectivity index (χ4n) is 3.17. The second-order valence-electron chi connectivity index (χ2n) is 5.91. The third-order valence-corrected chi connectivity index (χ3v) is 4.34. The van der Waals surface area contributed by atoms with E-state index in [2.05, 4.69) is 71.2 Å². The summed E-state index contributed by atoms with van der Waals surface area (Å²) in [4.78, 5) is 7.62. The van der Waals surface area contributed by atoms with Crippen LogP contribution in [0.15, 0.2) is 73.1 Å². The van der Waals surface area contributed by atoms with E-state index in [1.807, 2.05) is 18.2 Å². The topological polar surface area (TPSA) is 28.7 Å². The van der Waals surface area contributed by atoms with E-state index in [1.165, 1.54) is 22.2 Å². The van der Waals surface area contributed by atoms with Crippen LogP contribution in [0.5, 0.6) is 0 Å². The van der Waals surface area contributed by atoms with E-state index in [0.29, 0.717) is 0 Å². The number of nitrogens with one attached hydrogen (secondary N) is 1. The Balaban J connectivity index is 1.95. The molecule has 0 unspecified atom stereocenters. The van der Waals surface area contributed by atoms with Crippen molar-refractivity contribution in [1.29, 1.82) is 0 Å². The number of benzene rings is 2. The van der Waals surface area contributed by atoms with E-state index in [0.717, 1.165) is 23.1 Å². The van der Waals surface area contributed by atoms with Crippen molar-refractivity contribution in [2.75, 3.05) is 0 Å². The van der Waals surface area contributed by atoms with Gasteiger partial charge in [0.15, 0.2) is 0 Å². The van der Waals surface area contributed by atoms with Crippen LogP contribution in [-0.4, -0.2) is 9.97 Å². The van der Waals surface area contributed by atoms with Crippen molar-refractivity contribution in [2.45, 2.75) is 13.3 Å². The van der Waals surface area contributed by atoms with Gasteiger partial charge in [-0.2, -0.15) is 0 Å². The van der Waals surface area contributed by atoms with Gasteiger partial charge in [-0.25, -0.2) is 0 Å². The summed E-state index contributed by atoms with van der Waals surface area (Å²) < 4.78 is 0. The molecule has 0 radical (unpaired) electrons. The average Bonchev–Trinajstić information content (AvgIpc) is 3.07. The number of H-pyrrole nitrogens is 1. The third kappa shape index (κ3) is 2.93. The molecule has 2 aromatic carbocycles. The maximum Gasteiger partial charge on any atom is 0.0475 e. The first-order valence-electron chi connectivity index (χ1n) is 8.48. The molecule has 0 saturated carbocycles. The number of hydrogen-bond acceptors (Lipinski definition) is 1. The summed E-state index contributed by atoms with van der Waals surface area (Å²) in [5.41, 5.74) is 6.89. The summed E-state index contributed by atoms with van der Waals surface area (Å²) in [6.45, 7) is 2.18. The predicted octanol–water partition coefficient (Wildman–Crippen LogP) is 5.19. The van der Waals surface area contributed by atoms with Gasteiger partial charge >= 0.3 is 0 Å². The Morgan fingerprint density at radius 3 is 2.44 bits per heavy atom. The van der Waals surface area contributed by atoms with Crippen LogP contribution in [0.25, 0.3) is 22.0 Å². The Hall–Kier alpha value is -3.31. The number of aromatic nitrogens is 2. The average molecular weight is 322 g/mol. The van der Waals surface area contributed by atoms with Crippen LogP contribution in [0.4, 0.5) is 0 Å². The molecule has 0 bridgehead atoms. The summed E-state index contributed by atoms with van der Waals surface area (Å²) in [6, 6.07) is 20.7. The van der Waals surface area contributed by atoms with Crippen LogP contribution in [0, 0.1) is 11.8 Å². The van der Waals surface area contributed by atoms with Gasteiger partial charge in [-0.3, -0.25) is 4.98 Å². The van der Waals surface area contributed by atoms with Gasteiger partial charge in [-0.15, -0.1) is 0 Å². The Morgan fingerprint density at radius 1 is 0.880 bits per heavy atom. The van der Waals surface area contributed by atoms with Crippen molar-refractivity contribution >= 4 is 10.9 Å². The quantitative estimate of drug-likeness (QED) is 0.505. The van der Waals surface area contributed by atoms with E-state index in [9.17, 15) is 0 Å². The van der Waals surface area contributed by atoms with Crippen molar-refractivity contribution in [2.24, 2.45) is 0 Å².